The van der Waals surface area contributed by atoms with E-state index in [1.54, 1.807) is 25.1 Å². The fraction of sp³-hybridized carbons (Fsp3) is 0.286. The second-order valence-electron chi connectivity index (χ2n) is 8.83. The number of ether oxygens (including phenoxy) is 3. The maximum atomic E-state index is 13.5. The number of methoxy groups -OCH3 is 2. The number of phenols is 1. The predicted molar refractivity (Wildman–Crippen MR) is 145 cm³/mol. The van der Waals surface area contributed by atoms with Crippen molar-refractivity contribution in [1.82, 2.24) is 4.98 Å². The second-order valence-corrected chi connectivity index (χ2v) is 9.81. The van der Waals surface area contributed by atoms with Crippen LogP contribution in [0.3, 0.4) is 0 Å². The van der Waals surface area contributed by atoms with E-state index in [4.69, 9.17) is 14.2 Å². The molecule has 204 valence electrons. The van der Waals surface area contributed by atoms with Crippen molar-refractivity contribution in [3.05, 3.63) is 69.2 Å². The lowest BCUT2D eigenvalue weighted by molar-refractivity contribution is -0.132. The van der Waals surface area contributed by atoms with Crippen molar-refractivity contribution < 1.29 is 38.8 Å². The summed E-state index contributed by atoms with van der Waals surface area (Å²) in [5.41, 5.74) is 1.57. The van der Waals surface area contributed by atoms with E-state index in [1.165, 1.54) is 32.4 Å². The number of aliphatic hydroxyl groups is 1. The van der Waals surface area contributed by atoms with Crippen molar-refractivity contribution in [2.45, 2.75) is 33.2 Å². The fourth-order valence-corrected chi connectivity index (χ4v) is 5.31. The van der Waals surface area contributed by atoms with Crippen LogP contribution in [0.2, 0.25) is 0 Å². The second kappa shape index (κ2) is 11.2. The molecule has 11 heteroatoms. The van der Waals surface area contributed by atoms with Gasteiger partial charge in [0.25, 0.3) is 5.78 Å². The number of hydrogen-bond donors (Lipinski definition) is 2. The number of amides is 1. The molecule has 0 aliphatic carbocycles. The van der Waals surface area contributed by atoms with E-state index in [0.717, 1.165) is 28.2 Å². The van der Waals surface area contributed by atoms with Crippen molar-refractivity contribution in [3.8, 4) is 17.2 Å². The topological polar surface area (TPSA) is 135 Å². The van der Waals surface area contributed by atoms with Gasteiger partial charge in [0.2, 0.25) is 0 Å². The van der Waals surface area contributed by atoms with Crippen molar-refractivity contribution >= 4 is 39.9 Å². The third-order valence-corrected chi connectivity index (χ3v) is 7.37. The van der Waals surface area contributed by atoms with Gasteiger partial charge in [0, 0.05) is 5.56 Å². The van der Waals surface area contributed by atoms with Gasteiger partial charge in [0.05, 0.1) is 38.1 Å². The Bertz CT molecular complexity index is 1490. The average Bonchev–Trinajstić information content (AvgIpc) is 3.43. The number of anilines is 1. The SMILES string of the molecule is CCCOc1ccc(C(O)=C2C(=O)C(=O)N(c3nc(C)c(C(=O)OC)s3)[C@@H]2c2ccc(O)c(OC)c2)cc1C. The molecule has 2 N–H and O–H groups in total. The van der Waals surface area contributed by atoms with Crippen LogP contribution in [-0.4, -0.2) is 53.7 Å². The standard InChI is InChI=1S/C28H28N2O8S/c1-6-11-38-19-10-8-17(12-14(19)2)23(32)21-22(16-7-9-18(31)20(13-16)36-4)30(26(34)24(21)33)28-29-15(3)25(39-28)27(35)37-5/h7-10,12-13,22,31-32H,6,11H2,1-5H3/t22-/m1/s1. The first-order chi connectivity index (χ1) is 18.6. The summed E-state index contributed by atoms with van der Waals surface area (Å²) in [6.07, 6.45) is 0.828. The quantitative estimate of drug-likeness (QED) is 0.177. The summed E-state index contributed by atoms with van der Waals surface area (Å²) < 4.78 is 15.8. The summed E-state index contributed by atoms with van der Waals surface area (Å²) in [5, 5.41) is 21.7. The highest BCUT2D eigenvalue weighted by Crippen LogP contribution is 2.45. The van der Waals surface area contributed by atoms with Crippen LogP contribution in [0.15, 0.2) is 42.0 Å². The predicted octanol–water partition coefficient (Wildman–Crippen LogP) is 4.68. The summed E-state index contributed by atoms with van der Waals surface area (Å²) >= 11 is 0.894. The number of rotatable bonds is 8. The summed E-state index contributed by atoms with van der Waals surface area (Å²) in [4.78, 5) is 44.8. The Balaban J connectivity index is 1.92. The van der Waals surface area contributed by atoms with Crippen LogP contribution in [-0.2, 0) is 14.3 Å². The van der Waals surface area contributed by atoms with Gasteiger partial charge >= 0.3 is 11.9 Å². The molecule has 2 heterocycles. The minimum atomic E-state index is -1.13. The molecule has 0 spiro atoms. The van der Waals surface area contributed by atoms with E-state index in [1.807, 2.05) is 13.8 Å². The number of carbonyl (C=O) groups is 3. The van der Waals surface area contributed by atoms with Crippen molar-refractivity contribution in [1.29, 1.82) is 0 Å². The molecule has 2 aromatic carbocycles. The normalized spacial score (nSPS) is 16.4. The molecular formula is C28H28N2O8S. The zero-order chi connectivity index (χ0) is 28.4. The van der Waals surface area contributed by atoms with E-state index in [2.05, 4.69) is 4.98 Å². The molecule has 1 aliphatic heterocycles. The van der Waals surface area contributed by atoms with Gasteiger partial charge in [-0.2, -0.15) is 0 Å². The van der Waals surface area contributed by atoms with Gasteiger partial charge in [-0.3, -0.25) is 14.5 Å². The van der Waals surface area contributed by atoms with Crippen LogP contribution in [0.5, 0.6) is 17.2 Å². The number of aromatic nitrogens is 1. The Hall–Kier alpha value is -4.38. The molecule has 0 saturated carbocycles. The molecule has 1 aromatic heterocycles. The van der Waals surface area contributed by atoms with Gasteiger partial charge in [-0.15, -0.1) is 0 Å². The van der Waals surface area contributed by atoms with Crippen LogP contribution in [0, 0.1) is 13.8 Å². The fourth-order valence-electron chi connectivity index (χ4n) is 4.30. The summed E-state index contributed by atoms with van der Waals surface area (Å²) in [7, 11) is 2.60. The molecule has 1 aliphatic rings. The summed E-state index contributed by atoms with van der Waals surface area (Å²) in [6, 6.07) is 8.20. The Kier molecular flexibility index (Phi) is 7.91. The molecule has 0 unspecified atom stereocenters. The zero-order valence-corrected chi connectivity index (χ0v) is 22.9. The lowest BCUT2D eigenvalue weighted by Gasteiger charge is -2.23. The molecule has 4 rings (SSSR count). The number of aromatic hydroxyl groups is 1. The van der Waals surface area contributed by atoms with Crippen molar-refractivity contribution in [3.63, 3.8) is 0 Å². The van der Waals surface area contributed by atoms with Crippen LogP contribution < -0.4 is 14.4 Å². The summed E-state index contributed by atoms with van der Waals surface area (Å²) in [5.74, 6) is -2.27. The Morgan fingerprint density at radius 3 is 2.49 bits per heavy atom. The molecule has 1 saturated heterocycles. The Morgan fingerprint density at radius 1 is 1.10 bits per heavy atom. The van der Waals surface area contributed by atoms with Gasteiger partial charge < -0.3 is 24.4 Å². The van der Waals surface area contributed by atoms with E-state index in [0.29, 0.717) is 29.2 Å². The zero-order valence-electron chi connectivity index (χ0n) is 22.1. The Morgan fingerprint density at radius 2 is 1.85 bits per heavy atom. The number of nitrogens with zero attached hydrogens (tertiary/aromatic N) is 2. The highest BCUT2D eigenvalue weighted by atomic mass is 32.1. The number of thiazole rings is 1. The van der Waals surface area contributed by atoms with Crippen molar-refractivity contribution in [2.75, 3.05) is 25.7 Å². The molecule has 3 aromatic rings. The first-order valence-corrected chi connectivity index (χ1v) is 12.9. The first kappa shape index (κ1) is 27.6. The highest BCUT2D eigenvalue weighted by Gasteiger charge is 2.48. The molecule has 0 radical (unpaired) electrons. The van der Waals surface area contributed by atoms with Crippen LogP contribution in [0.4, 0.5) is 5.13 Å². The smallest absolute Gasteiger partial charge is 0.350 e. The van der Waals surface area contributed by atoms with E-state index >= 15 is 0 Å². The molecule has 39 heavy (non-hydrogen) atoms. The van der Waals surface area contributed by atoms with Crippen LogP contribution >= 0.6 is 11.3 Å². The summed E-state index contributed by atoms with van der Waals surface area (Å²) in [6.45, 7) is 5.92. The molecular weight excluding hydrogens is 524 g/mol. The van der Waals surface area contributed by atoms with Gasteiger partial charge in [0.15, 0.2) is 16.6 Å². The number of esters is 1. The highest BCUT2D eigenvalue weighted by molar-refractivity contribution is 7.17. The number of phenolic OH excluding ortho intramolecular Hbond substituents is 1. The van der Waals surface area contributed by atoms with Gasteiger partial charge in [0.1, 0.15) is 16.4 Å². The number of carbonyl (C=O) groups excluding carboxylic acids is 3. The maximum absolute atomic E-state index is 13.5. The maximum Gasteiger partial charge on any atom is 0.350 e. The lowest BCUT2D eigenvalue weighted by atomic mass is 9.94. The van der Waals surface area contributed by atoms with Crippen molar-refractivity contribution in [2.24, 2.45) is 0 Å². The van der Waals surface area contributed by atoms with E-state index < -0.39 is 23.7 Å². The van der Waals surface area contributed by atoms with Gasteiger partial charge in [-0.1, -0.05) is 24.3 Å². The molecule has 10 nitrogen and oxygen atoms in total. The average molecular weight is 553 g/mol. The van der Waals surface area contributed by atoms with Gasteiger partial charge in [-0.25, -0.2) is 9.78 Å². The monoisotopic (exact) mass is 552 g/mol. The number of ketones is 1. The molecule has 1 amide bonds. The number of aliphatic hydroxyl groups excluding tert-OH is 1. The number of Topliss-reactive ketones (excluding diaryl/α,β-unsaturated/α-hetero) is 1. The largest absolute Gasteiger partial charge is 0.507 e. The number of benzene rings is 2. The Labute approximate surface area is 229 Å². The first-order valence-electron chi connectivity index (χ1n) is 12.1. The molecule has 1 atom stereocenters. The molecule has 0 bridgehead atoms. The van der Waals surface area contributed by atoms with Crippen LogP contribution in [0.1, 0.15) is 51.4 Å². The number of hydrogen-bond acceptors (Lipinski definition) is 10. The van der Waals surface area contributed by atoms with E-state index in [9.17, 15) is 24.6 Å². The third kappa shape index (κ3) is 5.05. The minimum Gasteiger partial charge on any atom is -0.507 e. The van der Waals surface area contributed by atoms with Crippen LogP contribution in [0.25, 0.3) is 5.76 Å². The number of aryl methyl sites for hydroxylation is 2. The lowest BCUT2D eigenvalue weighted by Crippen LogP contribution is -2.29. The van der Waals surface area contributed by atoms with E-state index in [-0.39, 0.29) is 32.8 Å². The minimum absolute atomic E-state index is 0.0746. The third-order valence-electron chi connectivity index (χ3n) is 6.24. The van der Waals surface area contributed by atoms with Gasteiger partial charge in [-0.05, 0) is 61.7 Å². The molecule has 1 fully saturated rings.